The summed E-state index contributed by atoms with van der Waals surface area (Å²) in [4.78, 5) is 15.1. The van der Waals surface area contributed by atoms with Gasteiger partial charge in [0.1, 0.15) is 0 Å². The molecule has 1 saturated heterocycles. The number of carbonyl (C=O) groups is 1. The van der Waals surface area contributed by atoms with Crippen LogP contribution in [0.4, 0.5) is 0 Å². The summed E-state index contributed by atoms with van der Waals surface area (Å²) < 4.78 is 1.91. The fraction of sp³-hybridized carbons (Fsp3) is 0.583. The van der Waals surface area contributed by atoms with E-state index in [4.69, 9.17) is 5.73 Å². The molecule has 1 aliphatic rings. The molecular weight excluding hydrogens is 380 g/mol. The number of amides is 1. The first-order valence-electron chi connectivity index (χ1n) is 5.98. The highest BCUT2D eigenvalue weighted by molar-refractivity contribution is 9.13. The van der Waals surface area contributed by atoms with Crippen LogP contribution in [0.15, 0.2) is 14.3 Å². The maximum atomic E-state index is 12.4. The lowest BCUT2D eigenvalue weighted by molar-refractivity contribution is 0.0666. The molecule has 0 bridgehead atoms. The number of rotatable bonds is 2. The molecule has 2 unspecified atom stereocenters. The largest absolute Gasteiger partial charge is 0.338 e. The minimum atomic E-state index is 0.122. The zero-order valence-corrected chi connectivity index (χ0v) is 14.1. The van der Waals surface area contributed by atoms with Crippen molar-refractivity contribution >= 4 is 49.1 Å². The molecule has 0 radical (unpaired) electrons. The number of nitrogens with zero attached hydrogens (tertiary/aromatic N) is 1. The fourth-order valence-corrected chi connectivity index (χ4v) is 4.23. The molecule has 1 aromatic rings. The Balaban J connectivity index is 2.09. The molecule has 1 fully saturated rings. The van der Waals surface area contributed by atoms with Crippen molar-refractivity contribution in [2.24, 2.45) is 11.7 Å². The predicted octanol–water partition coefficient (Wildman–Crippen LogP) is 3.47. The standard InChI is InChI=1S/C12H16Br2N2OS/c1-7(15)8-3-2-4-16(6-8)12(17)10-5-9(13)11(14)18-10/h5,7-8H,2-4,6,15H2,1H3. The molecule has 3 nitrogen and oxygen atoms in total. The minimum absolute atomic E-state index is 0.122. The smallest absolute Gasteiger partial charge is 0.264 e. The van der Waals surface area contributed by atoms with Crippen LogP contribution in [0.5, 0.6) is 0 Å². The van der Waals surface area contributed by atoms with Crippen LogP contribution < -0.4 is 5.73 Å². The van der Waals surface area contributed by atoms with Gasteiger partial charge in [-0.3, -0.25) is 4.79 Å². The van der Waals surface area contributed by atoms with Gasteiger partial charge in [0.05, 0.1) is 8.66 Å². The minimum Gasteiger partial charge on any atom is -0.338 e. The van der Waals surface area contributed by atoms with Crippen LogP contribution >= 0.6 is 43.2 Å². The molecule has 2 rings (SSSR count). The van der Waals surface area contributed by atoms with Crippen molar-refractivity contribution in [3.05, 3.63) is 19.2 Å². The first kappa shape index (κ1) is 14.5. The molecule has 2 heterocycles. The molecule has 0 spiro atoms. The third kappa shape index (κ3) is 3.15. The zero-order chi connectivity index (χ0) is 13.3. The van der Waals surface area contributed by atoms with E-state index in [2.05, 4.69) is 31.9 Å². The van der Waals surface area contributed by atoms with Crippen LogP contribution in [0.2, 0.25) is 0 Å². The number of likely N-dealkylation sites (tertiary alicyclic amines) is 1. The van der Waals surface area contributed by atoms with Crippen molar-refractivity contribution in [2.75, 3.05) is 13.1 Å². The Morgan fingerprint density at radius 1 is 1.61 bits per heavy atom. The Morgan fingerprint density at radius 3 is 2.89 bits per heavy atom. The van der Waals surface area contributed by atoms with Crippen LogP contribution in [0, 0.1) is 5.92 Å². The Morgan fingerprint density at radius 2 is 2.33 bits per heavy atom. The summed E-state index contributed by atoms with van der Waals surface area (Å²) in [6.07, 6.45) is 2.17. The third-order valence-electron chi connectivity index (χ3n) is 3.34. The van der Waals surface area contributed by atoms with E-state index in [1.54, 1.807) is 0 Å². The topological polar surface area (TPSA) is 46.3 Å². The molecule has 0 saturated carbocycles. The maximum absolute atomic E-state index is 12.4. The molecule has 1 aromatic heterocycles. The fourth-order valence-electron chi connectivity index (χ4n) is 2.23. The number of piperidine rings is 1. The SMILES string of the molecule is CC(N)C1CCCN(C(=O)c2cc(Br)c(Br)s2)C1. The van der Waals surface area contributed by atoms with Gasteiger partial charge in [0, 0.05) is 23.6 Å². The second-order valence-corrected chi connectivity index (χ2v) is 7.97. The van der Waals surface area contributed by atoms with Gasteiger partial charge >= 0.3 is 0 Å². The summed E-state index contributed by atoms with van der Waals surface area (Å²) in [5.41, 5.74) is 5.95. The quantitative estimate of drug-likeness (QED) is 0.833. The van der Waals surface area contributed by atoms with Crippen molar-refractivity contribution in [3.8, 4) is 0 Å². The van der Waals surface area contributed by atoms with Gasteiger partial charge in [0.2, 0.25) is 0 Å². The van der Waals surface area contributed by atoms with Gasteiger partial charge in [-0.15, -0.1) is 11.3 Å². The lowest BCUT2D eigenvalue weighted by Crippen LogP contribution is -2.44. The summed E-state index contributed by atoms with van der Waals surface area (Å²) in [5.74, 6) is 0.547. The molecule has 1 aliphatic heterocycles. The Kier molecular flexibility index (Phi) is 4.86. The average Bonchev–Trinajstić information content (AvgIpc) is 2.69. The van der Waals surface area contributed by atoms with Gasteiger partial charge < -0.3 is 10.6 Å². The molecule has 1 amide bonds. The number of hydrogen-bond acceptors (Lipinski definition) is 3. The van der Waals surface area contributed by atoms with Crippen LogP contribution in [0.1, 0.15) is 29.4 Å². The van der Waals surface area contributed by atoms with Gasteiger partial charge in [0.15, 0.2) is 0 Å². The Hall–Kier alpha value is 0.0900. The van der Waals surface area contributed by atoms with Gasteiger partial charge in [-0.25, -0.2) is 0 Å². The van der Waals surface area contributed by atoms with Crippen molar-refractivity contribution in [1.29, 1.82) is 0 Å². The predicted molar refractivity (Wildman–Crippen MR) is 82.0 cm³/mol. The third-order valence-corrected chi connectivity index (χ3v) is 6.59. The zero-order valence-electron chi connectivity index (χ0n) is 10.2. The maximum Gasteiger partial charge on any atom is 0.264 e. The summed E-state index contributed by atoms with van der Waals surface area (Å²) >= 11 is 8.31. The molecule has 0 aliphatic carbocycles. The number of hydrogen-bond donors (Lipinski definition) is 1. The van der Waals surface area contributed by atoms with E-state index in [1.807, 2.05) is 17.9 Å². The molecule has 2 N–H and O–H groups in total. The lowest BCUT2D eigenvalue weighted by Gasteiger charge is -2.34. The van der Waals surface area contributed by atoms with Crippen LogP contribution in [-0.4, -0.2) is 29.9 Å². The highest BCUT2D eigenvalue weighted by Gasteiger charge is 2.27. The summed E-state index contributed by atoms with van der Waals surface area (Å²) in [6, 6.07) is 2.04. The van der Waals surface area contributed by atoms with Gasteiger partial charge in [-0.2, -0.15) is 0 Å². The molecule has 2 atom stereocenters. The van der Waals surface area contributed by atoms with Crippen LogP contribution in [0.3, 0.4) is 0 Å². The van der Waals surface area contributed by atoms with Gasteiger partial charge in [-0.05, 0) is 63.6 Å². The summed E-state index contributed by atoms with van der Waals surface area (Å²) in [7, 11) is 0. The number of carbonyl (C=O) groups excluding carboxylic acids is 1. The van der Waals surface area contributed by atoms with E-state index in [1.165, 1.54) is 11.3 Å². The van der Waals surface area contributed by atoms with E-state index in [0.717, 1.165) is 39.1 Å². The van der Waals surface area contributed by atoms with Crippen molar-refractivity contribution in [1.82, 2.24) is 4.90 Å². The van der Waals surface area contributed by atoms with Gasteiger partial charge in [0.25, 0.3) is 5.91 Å². The van der Waals surface area contributed by atoms with E-state index < -0.39 is 0 Å². The summed E-state index contributed by atoms with van der Waals surface area (Å²) in [6.45, 7) is 3.65. The Labute approximate surface area is 128 Å². The van der Waals surface area contributed by atoms with Crippen LogP contribution in [-0.2, 0) is 0 Å². The van der Waals surface area contributed by atoms with Crippen LogP contribution in [0.25, 0.3) is 0 Å². The van der Waals surface area contributed by atoms with Crippen molar-refractivity contribution in [2.45, 2.75) is 25.8 Å². The second-order valence-electron chi connectivity index (χ2n) is 4.74. The number of halogens is 2. The molecule has 0 aromatic carbocycles. The van der Waals surface area contributed by atoms with Crippen molar-refractivity contribution in [3.63, 3.8) is 0 Å². The average molecular weight is 396 g/mol. The van der Waals surface area contributed by atoms with E-state index in [0.29, 0.717) is 5.92 Å². The highest BCUT2D eigenvalue weighted by Crippen LogP contribution is 2.33. The number of nitrogens with two attached hydrogens (primary N) is 1. The molecular formula is C12H16Br2N2OS. The second kappa shape index (κ2) is 6.03. The van der Waals surface area contributed by atoms with E-state index in [9.17, 15) is 4.79 Å². The normalized spacial score (nSPS) is 22.0. The highest BCUT2D eigenvalue weighted by atomic mass is 79.9. The number of thiophene rings is 1. The lowest BCUT2D eigenvalue weighted by atomic mass is 9.92. The van der Waals surface area contributed by atoms with E-state index >= 15 is 0 Å². The molecule has 100 valence electrons. The van der Waals surface area contributed by atoms with Gasteiger partial charge in [-0.1, -0.05) is 0 Å². The molecule has 18 heavy (non-hydrogen) atoms. The first-order chi connectivity index (χ1) is 8.49. The summed E-state index contributed by atoms with van der Waals surface area (Å²) in [5, 5.41) is 0. The molecule has 6 heteroatoms. The van der Waals surface area contributed by atoms with E-state index in [-0.39, 0.29) is 11.9 Å². The van der Waals surface area contributed by atoms with Crippen molar-refractivity contribution < 1.29 is 4.79 Å². The Bertz CT molecular complexity index is 428. The first-order valence-corrected chi connectivity index (χ1v) is 8.39. The monoisotopic (exact) mass is 394 g/mol.